The highest BCUT2D eigenvalue weighted by Gasteiger charge is 2.15. The number of carboxylic acid groups (broad SMARTS) is 1. The molecular formula is C7H11NO2. The van der Waals surface area contributed by atoms with Crippen molar-refractivity contribution in [3.8, 4) is 0 Å². The molecule has 1 amide bonds. The van der Waals surface area contributed by atoms with Crippen LogP contribution in [0.4, 0.5) is 4.79 Å². The Labute approximate surface area is 59.7 Å². The first-order chi connectivity index (χ1) is 4.68. The van der Waals surface area contributed by atoms with E-state index in [1.54, 1.807) is 0 Å². The van der Waals surface area contributed by atoms with Gasteiger partial charge in [0.2, 0.25) is 0 Å². The second-order valence-electron chi connectivity index (χ2n) is 2.64. The van der Waals surface area contributed by atoms with Crippen molar-refractivity contribution in [3.05, 3.63) is 11.6 Å². The molecular weight excluding hydrogens is 130 g/mol. The van der Waals surface area contributed by atoms with E-state index in [1.807, 2.05) is 6.92 Å². The van der Waals surface area contributed by atoms with Crippen LogP contribution in [0.15, 0.2) is 11.6 Å². The van der Waals surface area contributed by atoms with Crippen molar-refractivity contribution < 1.29 is 9.90 Å². The van der Waals surface area contributed by atoms with E-state index < -0.39 is 6.09 Å². The first-order valence-corrected chi connectivity index (χ1v) is 3.33. The minimum Gasteiger partial charge on any atom is -0.465 e. The quantitative estimate of drug-likeness (QED) is 0.542. The summed E-state index contributed by atoms with van der Waals surface area (Å²) in [7, 11) is 0. The van der Waals surface area contributed by atoms with E-state index in [4.69, 9.17) is 5.11 Å². The predicted octanol–water partition coefficient (Wildman–Crippen LogP) is 1.36. The largest absolute Gasteiger partial charge is 0.465 e. The molecule has 0 bridgehead atoms. The number of amides is 1. The Morgan fingerprint density at radius 1 is 1.90 bits per heavy atom. The summed E-state index contributed by atoms with van der Waals surface area (Å²) in [5.41, 5.74) is 1.28. The van der Waals surface area contributed by atoms with E-state index in [2.05, 4.69) is 11.4 Å². The first-order valence-electron chi connectivity index (χ1n) is 3.33. The SMILES string of the molecule is CC1=CCC(NC(=O)O)C1. The highest BCUT2D eigenvalue weighted by Crippen LogP contribution is 2.17. The van der Waals surface area contributed by atoms with Crippen LogP contribution >= 0.6 is 0 Å². The molecule has 0 spiro atoms. The van der Waals surface area contributed by atoms with E-state index in [0.717, 1.165) is 12.8 Å². The van der Waals surface area contributed by atoms with Crippen LogP contribution < -0.4 is 5.32 Å². The van der Waals surface area contributed by atoms with Crippen LogP contribution in [0.3, 0.4) is 0 Å². The molecule has 0 saturated heterocycles. The Morgan fingerprint density at radius 3 is 3.00 bits per heavy atom. The zero-order chi connectivity index (χ0) is 7.56. The molecule has 3 heteroatoms. The standard InChI is InChI=1S/C7H11NO2/c1-5-2-3-6(4-5)8-7(9)10/h2,6,8H,3-4H2,1H3,(H,9,10). The summed E-state index contributed by atoms with van der Waals surface area (Å²) in [4.78, 5) is 10.1. The van der Waals surface area contributed by atoms with Gasteiger partial charge < -0.3 is 10.4 Å². The molecule has 1 atom stereocenters. The topological polar surface area (TPSA) is 49.3 Å². The van der Waals surface area contributed by atoms with Gasteiger partial charge in [-0.3, -0.25) is 0 Å². The minimum absolute atomic E-state index is 0.123. The summed E-state index contributed by atoms with van der Waals surface area (Å²) >= 11 is 0. The zero-order valence-corrected chi connectivity index (χ0v) is 5.92. The van der Waals surface area contributed by atoms with Gasteiger partial charge in [-0.25, -0.2) is 4.79 Å². The lowest BCUT2D eigenvalue weighted by molar-refractivity contribution is 0.190. The average Bonchev–Trinajstić information content (AvgIpc) is 2.13. The van der Waals surface area contributed by atoms with Crippen molar-refractivity contribution >= 4 is 6.09 Å². The fourth-order valence-corrected chi connectivity index (χ4v) is 1.18. The molecule has 1 aliphatic rings. The van der Waals surface area contributed by atoms with Gasteiger partial charge in [-0.15, -0.1) is 0 Å². The zero-order valence-electron chi connectivity index (χ0n) is 5.92. The van der Waals surface area contributed by atoms with Gasteiger partial charge in [0.25, 0.3) is 0 Å². The predicted molar refractivity (Wildman–Crippen MR) is 37.9 cm³/mol. The van der Waals surface area contributed by atoms with Crippen LogP contribution in [-0.4, -0.2) is 17.2 Å². The lowest BCUT2D eigenvalue weighted by Gasteiger charge is -2.07. The van der Waals surface area contributed by atoms with Crippen LogP contribution in [0.2, 0.25) is 0 Å². The van der Waals surface area contributed by atoms with Crippen LogP contribution in [0, 0.1) is 0 Å². The van der Waals surface area contributed by atoms with Crippen molar-refractivity contribution in [2.24, 2.45) is 0 Å². The van der Waals surface area contributed by atoms with Gasteiger partial charge in [0.05, 0.1) is 0 Å². The van der Waals surface area contributed by atoms with Gasteiger partial charge in [0.15, 0.2) is 0 Å². The Morgan fingerprint density at radius 2 is 2.60 bits per heavy atom. The summed E-state index contributed by atoms with van der Waals surface area (Å²) in [5.74, 6) is 0. The number of hydrogen-bond acceptors (Lipinski definition) is 1. The van der Waals surface area contributed by atoms with Gasteiger partial charge in [-0.2, -0.15) is 0 Å². The van der Waals surface area contributed by atoms with Crippen molar-refractivity contribution in [2.75, 3.05) is 0 Å². The van der Waals surface area contributed by atoms with Crippen LogP contribution in [0.25, 0.3) is 0 Å². The molecule has 10 heavy (non-hydrogen) atoms. The van der Waals surface area contributed by atoms with Gasteiger partial charge in [-0.1, -0.05) is 11.6 Å². The van der Waals surface area contributed by atoms with Crippen molar-refractivity contribution in [1.82, 2.24) is 5.32 Å². The third kappa shape index (κ3) is 1.76. The molecule has 2 N–H and O–H groups in total. The van der Waals surface area contributed by atoms with E-state index >= 15 is 0 Å². The van der Waals surface area contributed by atoms with Crippen LogP contribution in [-0.2, 0) is 0 Å². The van der Waals surface area contributed by atoms with Crippen molar-refractivity contribution in [3.63, 3.8) is 0 Å². The summed E-state index contributed by atoms with van der Waals surface area (Å²) in [6.07, 6.45) is 2.86. The smallest absolute Gasteiger partial charge is 0.404 e. The third-order valence-corrected chi connectivity index (χ3v) is 1.65. The van der Waals surface area contributed by atoms with Crippen molar-refractivity contribution in [1.29, 1.82) is 0 Å². The molecule has 1 aliphatic carbocycles. The molecule has 3 nitrogen and oxygen atoms in total. The maximum absolute atomic E-state index is 10.1. The van der Waals surface area contributed by atoms with E-state index in [-0.39, 0.29) is 6.04 Å². The van der Waals surface area contributed by atoms with E-state index in [0.29, 0.717) is 0 Å². The molecule has 1 unspecified atom stereocenters. The summed E-state index contributed by atoms with van der Waals surface area (Å²) in [6.45, 7) is 2.02. The highest BCUT2D eigenvalue weighted by molar-refractivity contribution is 5.65. The molecule has 56 valence electrons. The monoisotopic (exact) mass is 141 g/mol. The molecule has 0 fully saturated rings. The first kappa shape index (κ1) is 7.12. The third-order valence-electron chi connectivity index (χ3n) is 1.65. The number of rotatable bonds is 1. The van der Waals surface area contributed by atoms with Gasteiger partial charge in [0.1, 0.15) is 0 Å². The number of nitrogens with one attached hydrogen (secondary N) is 1. The Hall–Kier alpha value is -0.990. The second kappa shape index (κ2) is 2.73. The Kier molecular flexibility index (Phi) is 1.94. The van der Waals surface area contributed by atoms with Crippen molar-refractivity contribution in [2.45, 2.75) is 25.8 Å². The fourth-order valence-electron chi connectivity index (χ4n) is 1.18. The number of carbonyl (C=O) groups is 1. The Bertz CT molecular complexity index is 174. The van der Waals surface area contributed by atoms with E-state index in [1.165, 1.54) is 5.57 Å². The summed E-state index contributed by atoms with van der Waals surface area (Å²) in [5, 5.41) is 10.8. The van der Waals surface area contributed by atoms with Crippen LogP contribution in [0.5, 0.6) is 0 Å². The van der Waals surface area contributed by atoms with E-state index in [9.17, 15) is 4.79 Å². The lowest BCUT2D eigenvalue weighted by Crippen LogP contribution is -2.31. The van der Waals surface area contributed by atoms with Gasteiger partial charge in [-0.05, 0) is 19.8 Å². The molecule has 0 heterocycles. The maximum atomic E-state index is 10.1. The molecule has 0 aromatic heterocycles. The summed E-state index contributed by atoms with van der Waals surface area (Å²) < 4.78 is 0. The second-order valence-corrected chi connectivity index (χ2v) is 2.64. The van der Waals surface area contributed by atoms with Gasteiger partial charge in [0, 0.05) is 6.04 Å². The van der Waals surface area contributed by atoms with Gasteiger partial charge >= 0.3 is 6.09 Å². The summed E-state index contributed by atoms with van der Waals surface area (Å²) in [6, 6.07) is 0.123. The van der Waals surface area contributed by atoms with Crippen LogP contribution in [0.1, 0.15) is 19.8 Å². The number of hydrogen-bond donors (Lipinski definition) is 2. The fraction of sp³-hybridized carbons (Fsp3) is 0.571. The molecule has 0 aromatic rings. The normalized spacial score (nSPS) is 24.1. The molecule has 1 rings (SSSR count). The average molecular weight is 141 g/mol. The molecule has 0 aromatic carbocycles. The molecule has 0 aliphatic heterocycles. The highest BCUT2D eigenvalue weighted by atomic mass is 16.4. The maximum Gasteiger partial charge on any atom is 0.404 e. The Balaban J connectivity index is 2.29. The molecule has 0 saturated carbocycles. The lowest BCUT2D eigenvalue weighted by atomic mass is 10.2. The molecule has 0 radical (unpaired) electrons. The minimum atomic E-state index is -0.923.